The van der Waals surface area contributed by atoms with E-state index in [-0.39, 0.29) is 11.7 Å². The minimum absolute atomic E-state index is 0.0179. The van der Waals surface area contributed by atoms with E-state index < -0.39 is 0 Å². The van der Waals surface area contributed by atoms with E-state index in [4.69, 9.17) is 11.6 Å². The van der Waals surface area contributed by atoms with Gasteiger partial charge in [0.15, 0.2) is 5.78 Å². The number of halogens is 1. The van der Waals surface area contributed by atoms with Crippen LogP contribution in [0.5, 0.6) is 0 Å². The Kier molecular flexibility index (Phi) is 3.66. The molecule has 14 heavy (non-hydrogen) atoms. The van der Waals surface area contributed by atoms with E-state index in [9.17, 15) is 4.79 Å². The van der Waals surface area contributed by atoms with Crippen molar-refractivity contribution >= 4 is 17.4 Å². The van der Waals surface area contributed by atoms with Gasteiger partial charge < -0.3 is 5.32 Å². The molecule has 0 aliphatic carbocycles. The van der Waals surface area contributed by atoms with Crippen LogP contribution in [0.25, 0.3) is 0 Å². The van der Waals surface area contributed by atoms with Gasteiger partial charge in [0.25, 0.3) is 0 Å². The van der Waals surface area contributed by atoms with E-state index in [1.54, 1.807) is 7.05 Å². The van der Waals surface area contributed by atoms with Gasteiger partial charge in [-0.05, 0) is 7.05 Å². The van der Waals surface area contributed by atoms with Crippen molar-refractivity contribution in [3.8, 4) is 0 Å². The summed E-state index contributed by atoms with van der Waals surface area (Å²) in [6.45, 7) is 2.50. The maximum atomic E-state index is 11.9. The van der Waals surface area contributed by atoms with Crippen LogP contribution < -0.4 is 5.32 Å². The molecule has 1 unspecified atom stereocenters. The zero-order valence-electron chi connectivity index (χ0n) is 8.54. The highest BCUT2D eigenvalue weighted by atomic mass is 35.5. The van der Waals surface area contributed by atoms with E-state index >= 15 is 0 Å². The first-order valence-electron chi connectivity index (χ1n) is 4.44. The lowest BCUT2D eigenvalue weighted by molar-refractivity contribution is 0.0920. The second-order valence-corrected chi connectivity index (χ2v) is 3.69. The first kappa shape index (κ1) is 11.2. The zero-order chi connectivity index (χ0) is 10.7. The molecule has 4 nitrogen and oxygen atoms in total. The highest BCUT2D eigenvalue weighted by molar-refractivity contribution is 6.33. The number of Topliss-reactive ketones (excluding diaryl/α,β-unsaturated/α-hetero) is 1. The fraction of sp³-hybridized carbons (Fsp3) is 0.556. The summed E-state index contributed by atoms with van der Waals surface area (Å²) in [5.74, 6) is -0.0720. The number of ketones is 1. The number of carbonyl (C=O) groups excluding carboxylic acids is 1. The molecule has 0 spiro atoms. The molecule has 1 atom stereocenters. The topological polar surface area (TPSA) is 46.9 Å². The third-order valence-corrected chi connectivity index (χ3v) is 2.36. The van der Waals surface area contributed by atoms with Crippen molar-refractivity contribution in [2.24, 2.45) is 13.0 Å². The van der Waals surface area contributed by atoms with E-state index in [1.165, 1.54) is 10.9 Å². The van der Waals surface area contributed by atoms with Crippen molar-refractivity contribution < 1.29 is 4.79 Å². The van der Waals surface area contributed by atoms with E-state index in [1.807, 2.05) is 14.0 Å². The predicted molar refractivity (Wildman–Crippen MR) is 55.6 cm³/mol. The highest BCUT2D eigenvalue weighted by Gasteiger charge is 2.20. The third-order valence-electron chi connectivity index (χ3n) is 2.09. The number of nitrogens with one attached hydrogen (secondary N) is 1. The summed E-state index contributed by atoms with van der Waals surface area (Å²) in [6, 6.07) is 0. The molecule has 0 saturated heterocycles. The lowest BCUT2D eigenvalue weighted by Crippen LogP contribution is -2.25. The lowest BCUT2D eigenvalue weighted by Gasteiger charge is -2.09. The molecular weight excluding hydrogens is 202 g/mol. The SMILES string of the molecule is CNCC(C)C(=O)c1c(Cl)cnn1C. The van der Waals surface area contributed by atoms with Gasteiger partial charge in [-0.25, -0.2) is 0 Å². The molecular formula is C9H14ClN3O. The van der Waals surface area contributed by atoms with Crippen LogP contribution in [0.15, 0.2) is 6.20 Å². The quantitative estimate of drug-likeness (QED) is 0.766. The van der Waals surface area contributed by atoms with Gasteiger partial charge in [0.05, 0.1) is 11.2 Å². The fourth-order valence-corrected chi connectivity index (χ4v) is 1.58. The monoisotopic (exact) mass is 215 g/mol. The van der Waals surface area contributed by atoms with Crippen molar-refractivity contribution in [1.29, 1.82) is 0 Å². The lowest BCUT2D eigenvalue weighted by atomic mass is 10.0. The second-order valence-electron chi connectivity index (χ2n) is 3.29. The summed E-state index contributed by atoms with van der Waals surface area (Å²) >= 11 is 5.86. The molecule has 78 valence electrons. The van der Waals surface area contributed by atoms with Crippen LogP contribution in [0.3, 0.4) is 0 Å². The Hall–Kier alpha value is -0.870. The first-order valence-corrected chi connectivity index (χ1v) is 4.82. The van der Waals surface area contributed by atoms with Crippen molar-refractivity contribution in [3.05, 3.63) is 16.9 Å². The largest absolute Gasteiger partial charge is 0.319 e. The van der Waals surface area contributed by atoms with E-state index in [2.05, 4.69) is 10.4 Å². The van der Waals surface area contributed by atoms with Crippen LogP contribution in [0, 0.1) is 5.92 Å². The van der Waals surface area contributed by atoms with Gasteiger partial charge in [0.2, 0.25) is 0 Å². The molecule has 0 amide bonds. The van der Waals surface area contributed by atoms with Gasteiger partial charge in [-0.3, -0.25) is 9.48 Å². The standard InChI is InChI=1S/C9H14ClN3O/c1-6(4-11-2)9(14)8-7(10)5-12-13(8)3/h5-6,11H,4H2,1-3H3. The molecule has 0 aliphatic rings. The number of aryl methyl sites for hydroxylation is 1. The Bertz CT molecular complexity index is 315. The highest BCUT2D eigenvalue weighted by Crippen LogP contribution is 2.17. The second kappa shape index (κ2) is 4.57. The number of carbonyl (C=O) groups is 1. The maximum absolute atomic E-state index is 11.9. The molecule has 0 bridgehead atoms. The number of hydrogen-bond donors (Lipinski definition) is 1. The predicted octanol–water partition coefficient (Wildman–Crippen LogP) is 1.11. The van der Waals surface area contributed by atoms with Crippen LogP contribution >= 0.6 is 11.6 Å². The molecule has 1 rings (SSSR count). The summed E-state index contributed by atoms with van der Waals surface area (Å²) < 4.78 is 1.51. The van der Waals surface area contributed by atoms with Gasteiger partial charge in [-0.2, -0.15) is 5.10 Å². The summed E-state index contributed by atoms with van der Waals surface area (Å²) in [5.41, 5.74) is 0.481. The van der Waals surface area contributed by atoms with Crippen LogP contribution in [-0.2, 0) is 7.05 Å². The molecule has 0 saturated carbocycles. The van der Waals surface area contributed by atoms with Gasteiger partial charge >= 0.3 is 0 Å². The number of aromatic nitrogens is 2. The Morgan fingerprint density at radius 3 is 2.86 bits per heavy atom. The minimum atomic E-state index is -0.0899. The normalized spacial score (nSPS) is 12.9. The maximum Gasteiger partial charge on any atom is 0.186 e. The molecule has 1 aromatic heterocycles. The first-order chi connectivity index (χ1) is 6.57. The van der Waals surface area contributed by atoms with Crippen LogP contribution in [0.1, 0.15) is 17.4 Å². The van der Waals surface area contributed by atoms with E-state index in [0.717, 1.165) is 0 Å². The number of hydrogen-bond acceptors (Lipinski definition) is 3. The Balaban J connectivity index is 2.88. The van der Waals surface area contributed by atoms with Crippen LogP contribution in [0.4, 0.5) is 0 Å². The van der Waals surface area contributed by atoms with Crippen molar-refractivity contribution in [3.63, 3.8) is 0 Å². The van der Waals surface area contributed by atoms with Gasteiger partial charge in [-0.15, -0.1) is 0 Å². The van der Waals surface area contributed by atoms with Crippen molar-refractivity contribution in [1.82, 2.24) is 15.1 Å². The average molecular weight is 216 g/mol. The smallest absolute Gasteiger partial charge is 0.186 e. The van der Waals surface area contributed by atoms with Crippen molar-refractivity contribution in [2.75, 3.05) is 13.6 Å². The molecule has 1 N–H and O–H groups in total. The fourth-order valence-electron chi connectivity index (χ4n) is 1.32. The summed E-state index contributed by atoms with van der Waals surface area (Å²) in [4.78, 5) is 11.9. The average Bonchev–Trinajstić information content (AvgIpc) is 2.46. The molecule has 0 radical (unpaired) electrons. The Morgan fingerprint density at radius 2 is 2.43 bits per heavy atom. The molecule has 1 heterocycles. The van der Waals surface area contributed by atoms with Gasteiger partial charge in [-0.1, -0.05) is 18.5 Å². The molecule has 0 aromatic carbocycles. The van der Waals surface area contributed by atoms with Gasteiger partial charge in [0.1, 0.15) is 5.69 Å². The third kappa shape index (κ3) is 2.13. The molecule has 0 aliphatic heterocycles. The van der Waals surface area contributed by atoms with Crippen LogP contribution in [0.2, 0.25) is 5.02 Å². The summed E-state index contributed by atoms with van der Waals surface area (Å²) in [6.07, 6.45) is 1.49. The molecule has 1 aromatic rings. The Labute approximate surface area is 88.2 Å². The van der Waals surface area contributed by atoms with E-state index in [0.29, 0.717) is 17.3 Å². The Morgan fingerprint density at radius 1 is 1.79 bits per heavy atom. The zero-order valence-corrected chi connectivity index (χ0v) is 9.30. The number of rotatable bonds is 4. The molecule has 5 heteroatoms. The minimum Gasteiger partial charge on any atom is -0.319 e. The van der Waals surface area contributed by atoms with Crippen molar-refractivity contribution in [2.45, 2.75) is 6.92 Å². The molecule has 0 fully saturated rings. The van der Waals surface area contributed by atoms with Gasteiger partial charge in [0, 0.05) is 19.5 Å². The summed E-state index contributed by atoms with van der Waals surface area (Å²) in [7, 11) is 3.53. The number of nitrogens with zero attached hydrogens (tertiary/aromatic N) is 2. The van der Waals surface area contributed by atoms with Crippen LogP contribution in [-0.4, -0.2) is 29.2 Å². The summed E-state index contributed by atoms with van der Waals surface area (Å²) in [5, 5.41) is 7.30.